The first kappa shape index (κ1) is 17.7. The van der Waals surface area contributed by atoms with E-state index in [9.17, 15) is 0 Å². The summed E-state index contributed by atoms with van der Waals surface area (Å²) < 4.78 is 11.3. The van der Waals surface area contributed by atoms with E-state index in [0.717, 1.165) is 44.0 Å². The second-order valence-corrected chi connectivity index (χ2v) is 6.53. The topological polar surface area (TPSA) is 30.5 Å². The lowest BCUT2D eigenvalue weighted by atomic mass is 9.74. The molecule has 2 rings (SSSR count). The van der Waals surface area contributed by atoms with Gasteiger partial charge in [0.25, 0.3) is 0 Å². The van der Waals surface area contributed by atoms with E-state index < -0.39 is 0 Å². The van der Waals surface area contributed by atoms with Crippen LogP contribution < -0.4 is 5.32 Å². The Balaban J connectivity index is 2.24. The summed E-state index contributed by atoms with van der Waals surface area (Å²) in [5.74, 6) is 0.479. The smallest absolute Gasteiger partial charge is 0.0968 e. The molecule has 1 N–H and O–H groups in total. The average molecular weight is 326 g/mol. The fourth-order valence-electron chi connectivity index (χ4n) is 3.61. The molecule has 124 valence electrons. The third-order valence-corrected chi connectivity index (χ3v) is 5.02. The molecule has 22 heavy (non-hydrogen) atoms. The second kappa shape index (κ2) is 8.88. The molecule has 1 aromatic rings. The van der Waals surface area contributed by atoms with Crippen LogP contribution >= 0.6 is 11.6 Å². The van der Waals surface area contributed by atoms with E-state index in [4.69, 9.17) is 21.1 Å². The van der Waals surface area contributed by atoms with Crippen LogP contribution in [0.1, 0.15) is 37.7 Å². The van der Waals surface area contributed by atoms with E-state index in [1.54, 1.807) is 7.11 Å². The monoisotopic (exact) mass is 325 g/mol. The molecule has 1 aromatic carbocycles. The van der Waals surface area contributed by atoms with Gasteiger partial charge in [0.2, 0.25) is 0 Å². The minimum atomic E-state index is -0.258. The number of rotatable bonds is 8. The number of halogens is 1. The summed E-state index contributed by atoms with van der Waals surface area (Å²) in [5.41, 5.74) is 0.945. The van der Waals surface area contributed by atoms with E-state index in [1.807, 2.05) is 19.2 Å². The fraction of sp³-hybridized carbons (Fsp3) is 0.667. The molecule has 1 heterocycles. The molecule has 0 unspecified atom stereocenters. The van der Waals surface area contributed by atoms with Gasteiger partial charge >= 0.3 is 0 Å². The first-order valence-corrected chi connectivity index (χ1v) is 8.61. The fourth-order valence-corrected chi connectivity index (χ4v) is 3.80. The second-order valence-electron chi connectivity index (χ2n) is 6.10. The Labute approximate surface area is 139 Å². The minimum Gasteiger partial charge on any atom is -0.385 e. The molecule has 1 saturated heterocycles. The van der Waals surface area contributed by atoms with E-state index in [-0.39, 0.29) is 5.60 Å². The van der Waals surface area contributed by atoms with Crippen LogP contribution in [0, 0.1) is 5.92 Å². The van der Waals surface area contributed by atoms with Crippen molar-refractivity contribution in [3.05, 3.63) is 34.9 Å². The van der Waals surface area contributed by atoms with Crippen LogP contribution in [0.2, 0.25) is 5.02 Å². The predicted octanol–water partition coefficient (Wildman–Crippen LogP) is 4.00. The van der Waals surface area contributed by atoms with Crippen molar-refractivity contribution in [2.75, 3.05) is 33.9 Å². The van der Waals surface area contributed by atoms with E-state index >= 15 is 0 Å². The molecule has 1 aliphatic heterocycles. The normalized spacial score (nSPS) is 21.5. The highest BCUT2D eigenvalue weighted by molar-refractivity contribution is 6.30. The maximum absolute atomic E-state index is 6.24. The Morgan fingerprint density at radius 3 is 2.82 bits per heavy atom. The molecule has 0 radical (unpaired) electrons. The predicted molar refractivity (Wildman–Crippen MR) is 91.5 cm³/mol. The van der Waals surface area contributed by atoms with E-state index in [1.165, 1.54) is 18.4 Å². The molecule has 4 heteroatoms. The zero-order valence-electron chi connectivity index (χ0n) is 13.7. The zero-order chi connectivity index (χ0) is 15.8. The van der Waals surface area contributed by atoms with Crippen molar-refractivity contribution in [3.8, 4) is 0 Å². The van der Waals surface area contributed by atoms with Crippen LogP contribution in [-0.2, 0) is 15.1 Å². The maximum atomic E-state index is 6.24. The first-order chi connectivity index (χ1) is 10.7. The number of piperidine rings is 1. The van der Waals surface area contributed by atoms with Crippen LogP contribution in [0.15, 0.2) is 24.3 Å². The lowest BCUT2D eigenvalue weighted by Crippen LogP contribution is -2.45. The van der Waals surface area contributed by atoms with Gasteiger partial charge in [-0.2, -0.15) is 0 Å². The number of unbranched alkanes of at least 4 members (excludes halogenated alkanes) is 1. The zero-order valence-corrected chi connectivity index (χ0v) is 14.5. The quantitative estimate of drug-likeness (QED) is 0.733. The van der Waals surface area contributed by atoms with Gasteiger partial charge in [0.15, 0.2) is 0 Å². The van der Waals surface area contributed by atoms with Crippen molar-refractivity contribution in [1.82, 2.24) is 5.32 Å². The highest BCUT2D eigenvalue weighted by atomic mass is 35.5. The van der Waals surface area contributed by atoms with Crippen LogP contribution in [-0.4, -0.2) is 33.9 Å². The Morgan fingerprint density at radius 1 is 1.32 bits per heavy atom. The third-order valence-electron chi connectivity index (χ3n) is 4.78. The van der Waals surface area contributed by atoms with Crippen molar-refractivity contribution in [1.29, 1.82) is 0 Å². The molecule has 0 saturated carbocycles. The summed E-state index contributed by atoms with van der Waals surface area (Å²) in [6, 6.07) is 8.17. The highest BCUT2D eigenvalue weighted by Crippen LogP contribution is 2.41. The molecule has 0 amide bonds. The lowest BCUT2D eigenvalue weighted by molar-refractivity contribution is -0.0800. The summed E-state index contributed by atoms with van der Waals surface area (Å²) in [5, 5.41) is 4.30. The molecule has 1 aliphatic rings. The van der Waals surface area contributed by atoms with Gasteiger partial charge in [0.05, 0.1) is 5.60 Å². The van der Waals surface area contributed by atoms with Crippen LogP contribution in [0.25, 0.3) is 0 Å². The highest BCUT2D eigenvalue weighted by Gasteiger charge is 2.40. The van der Waals surface area contributed by atoms with Crippen LogP contribution in [0.5, 0.6) is 0 Å². The Morgan fingerprint density at radius 2 is 2.18 bits per heavy atom. The van der Waals surface area contributed by atoms with Crippen molar-refractivity contribution in [3.63, 3.8) is 0 Å². The Kier molecular flexibility index (Phi) is 7.16. The van der Waals surface area contributed by atoms with Crippen molar-refractivity contribution >= 4 is 11.6 Å². The molecular weight excluding hydrogens is 298 g/mol. The summed E-state index contributed by atoms with van der Waals surface area (Å²) in [7, 11) is 3.59. The Hall–Kier alpha value is -0.610. The summed E-state index contributed by atoms with van der Waals surface area (Å²) in [4.78, 5) is 0. The molecule has 3 nitrogen and oxygen atoms in total. The third kappa shape index (κ3) is 4.23. The molecule has 2 atom stereocenters. The summed E-state index contributed by atoms with van der Waals surface area (Å²) in [6.45, 7) is 2.92. The minimum absolute atomic E-state index is 0.258. The molecule has 0 aliphatic carbocycles. The summed E-state index contributed by atoms with van der Waals surface area (Å²) in [6.07, 6.45) is 5.54. The molecule has 1 fully saturated rings. The van der Waals surface area contributed by atoms with Crippen molar-refractivity contribution in [2.24, 2.45) is 5.92 Å². The van der Waals surface area contributed by atoms with Crippen LogP contribution in [0.3, 0.4) is 0 Å². The standard InChI is InChI=1S/C18H28ClNO2/c1-21-12-4-3-10-18(22-2,16-8-6-11-20-14-16)15-7-5-9-17(19)13-15/h5,7,9,13,16,20H,3-4,6,8,10-12,14H2,1-2H3/t16-,18-/m1/s1. The van der Waals surface area contributed by atoms with Crippen molar-refractivity contribution in [2.45, 2.75) is 37.7 Å². The first-order valence-electron chi connectivity index (χ1n) is 8.24. The SMILES string of the molecule is COCCCC[C@@](OC)(c1cccc(Cl)c1)[C@@H]1CCCNC1. The van der Waals surface area contributed by atoms with Gasteiger partial charge in [-0.05, 0) is 56.3 Å². The number of hydrogen-bond donors (Lipinski definition) is 1. The number of methoxy groups -OCH3 is 2. The number of benzene rings is 1. The van der Waals surface area contributed by atoms with Gasteiger partial charge < -0.3 is 14.8 Å². The average Bonchev–Trinajstić information content (AvgIpc) is 2.56. The van der Waals surface area contributed by atoms with E-state index in [2.05, 4.69) is 17.4 Å². The van der Waals surface area contributed by atoms with Gasteiger partial charge in [-0.1, -0.05) is 23.7 Å². The molecule has 0 aromatic heterocycles. The Bertz CT molecular complexity index is 448. The lowest BCUT2D eigenvalue weighted by Gasteiger charge is -2.42. The van der Waals surface area contributed by atoms with Gasteiger partial charge in [0, 0.05) is 38.3 Å². The number of hydrogen-bond acceptors (Lipinski definition) is 3. The molecular formula is C18H28ClNO2. The van der Waals surface area contributed by atoms with Crippen LogP contribution in [0.4, 0.5) is 0 Å². The number of nitrogens with one attached hydrogen (secondary N) is 1. The summed E-state index contributed by atoms with van der Waals surface area (Å²) >= 11 is 6.24. The molecule has 0 spiro atoms. The van der Waals surface area contributed by atoms with Gasteiger partial charge in [-0.3, -0.25) is 0 Å². The van der Waals surface area contributed by atoms with Gasteiger partial charge in [-0.25, -0.2) is 0 Å². The molecule has 0 bridgehead atoms. The van der Waals surface area contributed by atoms with Gasteiger partial charge in [0.1, 0.15) is 0 Å². The van der Waals surface area contributed by atoms with E-state index in [0.29, 0.717) is 5.92 Å². The number of ether oxygens (including phenoxy) is 2. The maximum Gasteiger partial charge on any atom is 0.0968 e. The van der Waals surface area contributed by atoms with Crippen molar-refractivity contribution < 1.29 is 9.47 Å². The van der Waals surface area contributed by atoms with Gasteiger partial charge in [-0.15, -0.1) is 0 Å². The largest absolute Gasteiger partial charge is 0.385 e.